The van der Waals surface area contributed by atoms with Crippen LogP contribution in [0.15, 0.2) is 30.6 Å². The van der Waals surface area contributed by atoms with Crippen LogP contribution in [-0.4, -0.2) is 31.3 Å². The zero-order chi connectivity index (χ0) is 15.2. The topological polar surface area (TPSA) is 91.5 Å². The third-order valence-corrected chi connectivity index (χ3v) is 3.08. The summed E-state index contributed by atoms with van der Waals surface area (Å²) in [5.41, 5.74) is 4.20. The van der Waals surface area contributed by atoms with Crippen LogP contribution in [-0.2, 0) is 0 Å². The molecule has 1 unspecified atom stereocenters. The number of hydrogen-bond donors (Lipinski definition) is 2. The van der Waals surface area contributed by atoms with Crippen molar-refractivity contribution >= 4 is 0 Å². The number of hydrazine groups is 1. The van der Waals surface area contributed by atoms with E-state index in [1.807, 2.05) is 18.2 Å². The highest BCUT2D eigenvalue weighted by molar-refractivity contribution is 5.45. The Morgan fingerprint density at radius 3 is 2.48 bits per heavy atom. The molecule has 7 heteroatoms. The van der Waals surface area contributed by atoms with Crippen molar-refractivity contribution in [2.75, 3.05) is 21.3 Å². The molecule has 1 atom stereocenters. The second-order valence-corrected chi connectivity index (χ2v) is 4.19. The predicted molar refractivity (Wildman–Crippen MR) is 77.3 cm³/mol. The van der Waals surface area contributed by atoms with Gasteiger partial charge < -0.3 is 14.2 Å². The molecule has 0 bridgehead atoms. The molecule has 0 fully saturated rings. The average molecular weight is 290 g/mol. The van der Waals surface area contributed by atoms with E-state index in [-0.39, 0.29) is 6.04 Å². The van der Waals surface area contributed by atoms with E-state index in [1.54, 1.807) is 27.4 Å². The Morgan fingerprint density at radius 1 is 1.05 bits per heavy atom. The Balaban J connectivity index is 2.49. The van der Waals surface area contributed by atoms with Gasteiger partial charge in [-0.25, -0.2) is 15.4 Å². The van der Waals surface area contributed by atoms with Crippen LogP contribution < -0.4 is 25.5 Å². The van der Waals surface area contributed by atoms with Gasteiger partial charge in [0.1, 0.15) is 17.8 Å². The lowest BCUT2D eigenvalue weighted by Crippen LogP contribution is -2.30. The molecule has 0 saturated carbocycles. The van der Waals surface area contributed by atoms with Crippen LogP contribution in [0, 0.1) is 0 Å². The number of ether oxygens (including phenoxy) is 3. The van der Waals surface area contributed by atoms with Crippen LogP contribution in [0.1, 0.15) is 17.3 Å². The third-order valence-electron chi connectivity index (χ3n) is 3.08. The summed E-state index contributed by atoms with van der Waals surface area (Å²) in [5.74, 6) is 7.53. The van der Waals surface area contributed by atoms with Crippen LogP contribution in [0.25, 0.3) is 0 Å². The SMILES string of the molecule is COc1ccc(OC)c(C(NN)c2cc(OC)ncn2)c1. The fourth-order valence-corrected chi connectivity index (χ4v) is 2.02. The Morgan fingerprint density at radius 2 is 1.86 bits per heavy atom. The number of hydrogen-bond acceptors (Lipinski definition) is 7. The van der Waals surface area contributed by atoms with Gasteiger partial charge in [-0.2, -0.15) is 0 Å². The minimum Gasteiger partial charge on any atom is -0.497 e. The van der Waals surface area contributed by atoms with Gasteiger partial charge in [0.2, 0.25) is 5.88 Å². The maximum absolute atomic E-state index is 5.70. The minimum absolute atomic E-state index is 0.382. The molecular weight excluding hydrogens is 272 g/mol. The van der Waals surface area contributed by atoms with E-state index in [2.05, 4.69) is 15.4 Å². The first-order valence-electron chi connectivity index (χ1n) is 6.27. The molecule has 1 aromatic heterocycles. The fourth-order valence-electron chi connectivity index (χ4n) is 2.02. The first-order chi connectivity index (χ1) is 10.2. The fraction of sp³-hybridized carbons (Fsp3) is 0.286. The average Bonchev–Trinajstić information content (AvgIpc) is 2.55. The number of nitrogens with zero attached hydrogens (tertiary/aromatic N) is 2. The molecule has 0 spiro atoms. The largest absolute Gasteiger partial charge is 0.497 e. The molecular formula is C14H18N4O3. The van der Waals surface area contributed by atoms with Gasteiger partial charge in [-0.1, -0.05) is 0 Å². The van der Waals surface area contributed by atoms with Gasteiger partial charge >= 0.3 is 0 Å². The second kappa shape index (κ2) is 6.87. The van der Waals surface area contributed by atoms with Crippen molar-refractivity contribution in [3.63, 3.8) is 0 Å². The van der Waals surface area contributed by atoms with Crippen LogP contribution in [0.2, 0.25) is 0 Å². The number of rotatable bonds is 6. The molecule has 112 valence electrons. The van der Waals surface area contributed by atoms with E-state index in [1.165, 1.54) is 6.33 Å². The summed E-state index contributed by atoms with van der Waals surface area (Å²) in [4.78, 5) is 8.22. The highest BCUT2D eigenvalue weighted by Gasteiger charge is 2.20. The van der Waals surface area contributed by atoms with Gasteiger partial charge in [-0.15, -0.1) is 0 Å². The zero-order valence-corrected chi connectivity index (χ0v) is 12.2. The second-order valence-electron chi connectivity index (χ2n) is 4.19. The molecule has 0 aliphatic rings. The molecule has 21 heavy (non-hydrogen) atoms. The van der Waals surface area contributed by atoms with E-state index in [4.69, 9.17) is 20.1 Å². The Kier molecular flexibility index (Phi) is 4.91. The zero-order valence-electron chi connectivity index (χ0n) is 12.2. The number of benzene rings is 1. The van der Waals surface area contributed by atoms with Gasteiger partial charge in [0.15, 0.2) is 0 Å². The van der Waals surface area contributed by atoms with Gasteiger partial charge in [-0.05, 0) is 18.2 Å². The predicted octanol–water partition coefficient (Wildman–Crippen LogP) is 1.06. The number of aromatic nitrogens is 2. The molecule has 2 rings (SSSR count). The molecule has 0 aliphatic heterocycles. The summed E-state index contributed by atoms with van der Waals surface area (Å²) in [7, 11) is 4.74. The number of nitrogens with two attached hydrogens (primary N) is 1. The monoisotopic (exact) mass is 290 g/mol. The van der Waals surface area contributed by atoms with Crippen LogP contribution in [0.5, 0.6) is 17.4 Å². The molecule has 0 amide bonds. The maximum atomic E-state index is 5.70. The molecule has 2 aromatic rings. The molecule has 1 heterocycles. The van der Waals surface area contributed by atoms with Crippen molar-refractivity contribution in [2.45, 2.75) is 6.04 Å². The van der Waals surface area contributed by atoms with Gasteiger partial charge in [0.05, 0.1) is 33.1 Å². The van der Waals surface area contributed by atoms with Gasteiger partial charge in [-0.3, -0.25) is 5.84 Å². The lowest BCUT2D eigenvalue weighted by Gasteiger charge is -2.19. The van der Waals surface area contributed by atoms with Crippen LogP contribution >= 0.6 is 0 Å². The molecule has 0 radical (unpaired) electrons. The van der Waals surface area contributed by atoms with Crippen LogP contribution in [0.3, 0.4) is 0 Å². The molecule has 7 nitrogen and oxygen atoms in total. The molecule has 1 aromatic carbocycles. The molecule has 0 saturated heterocycles. The number of methoxy groups -OCH3 is 3. The lowest BCUT2D eigenvalue weighted by molar-refractivity contribution is 0.389. The van der Waals surface area contributed by atoms with E-state index in [9.17, 15) is 0 Å². The highest BCUT2D eigenvalue weighted by atomic mass is 16.5. The normalized spacial score (nSPS) is 11.8. The summed E-state index contributed by atoms with van der Waals surface area (Å²) in [6.07, 6.45) is 1.42. The first kappa shape index (κ1) is 15.0. The minimum atomic E-state index is -0.382. The van der Waals surface area contributed by atoms with E-state index in [0.29, 0.717) is 23.1 Å². The van der Waals surface area contributed by atoms with E-state index >= 15 is 0 Å². The summed E-state index contributed by atoms with van der Waals surface area (Å²) in [6.45, 7) is 0. The van der Waals surface area contributed by atoms with E-state index in [0.717, 1.165) is 5.56 Å². The third kappa shape index (κ3) is 3.21. The van der Waals surface area contributed by atoms with Crippen molar-refractivity contribution in [3.05, 3.63) is 41.9 Å². The summed E-state index contributed by atoms with van der Waals surface area (Å²) in [5, 5.41) is 0. The standard InChI is InChI=1S/C14H18N4O3/c1-19-9-4-5-12(20-2)10(6-9)14(18-15)11-7-13(21-3)17-8-16-11/h4-8,14,18H,15H2,1-3H3. The Bertz CT molecular complexity index is 607. The summed E-state index contributed by atoms with van der Waals surface area (Å²) < 4.78 is 15.7. The highest BCUT2D eigenvalue weighted by Crippen LogP contribution is 2.32. The smallest absolute Gasteiger partial charge is 0.216 e. The van der Waals surface area contributed by atoms with Crippen LogP contribution in [0.4, 0.5) is 0 Å². The van der Waals surface area contributed by atoms with Crippen molar-refractivity contribution in [3.8, 4) is 17.4 Å². The molecule has 0 aliphatic carbocycles. The maximum Gasteiger partial charge on any atom is 0.216 e. The van der Waals surface area contributed by atoms with Gasteiger partial charge in [0, 0.05) is 11.6 Å². The van der Waals surface area contributed by atoms with Crippen molar-refractivity contribution in [1.82, 2.24) is 15.4 Å². The van der Waals surface area contributed by atoms with Crippen molar-refractivity contribution in [1.29, 1.82) is 0 Å². The quantitative estimate of drug-likeness (QED) is 0.607. The Hall–Kier alpha value is -2.38. The molecule has 3 N–H and O–H groups in total. The van der Waals surface area contributed by atoms with Gasteiger partial charge in [0.25, 0.3) is 0 Å². The van der Waals surface area contributed by atoms with Crippen molar-refractivity contribution in [2.24, 2.45) is 5.84 Å². The summed E-state index contributed by atoms with van der Waals surface area (Å²) >= 11 is 0. The first-order valence-corrected chi connectivity index (χ1v) is 6.27. The lowest BCUT2D eigenvalue weighted by atomic mass is 10.0. The Labute approximate surface area is 123 Å². The summed E-state index contributed by atoms with van der Waals surface area (Å²) in [6, 6.07) is 6.81. The van der Waals surface area contributed by atoms with E-state index < -0.39 is 0 Å². The van der Waals surface area contributed by atoms with Crippen molar-refractivity contribution < 1.29 is 14.2 Å². The number of nitrogens with one attached hydrogen (secondary N) is 1.